The van der Waals surface area contributed by atoms with Crippen LogP contribution in [0.1, 0.15) is 35.2 Å². The second kappa shape index (κ2) is 7.22. The number of piperidine rings is 1. The second-order valence-electron chi connectivity index (χ2n) is 5.28. The van der Waals surface area contributed by atoms with E-state index in [1.54, 1.807) is 31.4 Å². The SMILES string of the molecule is COC1CCN(C(=O)CCc2ccccc2C(=O)O)CC1. The van der Waals surface area contributed by atoms with Crippen LogP contribution in [0.4, 0.5) is 0 Å². The number of carboxylic acids is 1. The van der Waals surface area contributed by atoms with Crippen molar-refractivity contribution in [2.24, 2.45) is 0 Å². The van der Waals surface area contributed by atoms with Gasteiger partial charge in [0, 0.05) is 26.6 Å². The number of carbonyl (C=O) groups excluding carboxylic acids is 1. The van der Waals surface area contributed by atoms with E-state index in [9.17, 15) is 9.59 Å². The van der Waals surface area contributed by atoms with Crippen molar-refractivity contribution >= 4 is 11.9 Å². The van der Waals surface area contributed by atoms with E-state index in [4.69, 9.17) is 9.84 Å². The molecule has 0 unspecified atom stereocenters. The van der Waals surface area contributed by atoms with Crippen LogP contribution in [0.3, 0.4) is 0 Å². The van der Waals surface area contributed by atoms with Crippen molar-refractivity contribution in [1.29, 1.82) is 0 Å². The molecule has 0 radical (unpaired) electrons. The average molecular weight is 291 g/mol. The number of aryl methyl sites for hydroxylation is 1. The van der Waals surface area contributed by atoms with Crippen LogP contribution in [0.5, 0.6) is 0 Å². The third kappa shape index (κ3) is 4.04. The van der Waals surface area contributed by atoms with Crippen molar-refractivity contribution in [3.8, 4) is 0 Å². The highest BCUT2D eigenvalue weighted by molar-refractivity contribution is 5.89. The standard InChI is InChI=1S/C16H21NO4/c1-21-13-8-10-17(11-9-13)15(18)7-6-12-4-2-3-5-14(12)16(19)20/h2-5,13H,6-11H2,1H3,(H,19,20). The van der Waals surface area contributed by atoms with Crippen molar-refractivity contribution in [3.63, 3.8) is 0 Å². The van der Waals surface area contributed by atoms with Gasteiger partial charge < -0.3 is 14.7 Å². The number of methoxy groups -OCH3 is 1. The summed E-state index contributed by atoms with van der Waals surface area (Å²) in [6.45, 7) is 1.44. The monoisotopic (exact) mass is 291 g/mol. The fourth-order valence-electron chi connectivity index (χ4n) is 2.69. The van der Waals surface area contributed by atoms with Crippen molar-refractivity contribution in [2.75, 3.05) is 20.2 Å². The van der Waals surface area contributed by atoms with Crippen molar-refractivity contribution in [1.82, 2.24) is 4.90 Å². The minimum absolute atomic E-state index is 0.0877. The van der Waals surface area contributed by atoms with Crippen LogP contribution in [-0.4, -0.2) is 48.2 Å². The Balaban J connectivity index is 1.89. The molecule has 1 aliphatic heterocycles. The Morgan fingerprint density at radius 3 is 2.57 bits per heavy atom. The smallest absolute Gasteiger partial charge is 0.335 e. The highest BCUT2D eigenvalue weighted by atomic mass is 16.5. The summed E-state index contributed by atoms with van der Waals surface area (Å²) in [5, 5.41) is 9.13. The summed E-state index contributed by atoms with van der Waals surface area (Å²) in [6.07, 6.45) is 2.80. The fraction of sp³-hybridized carbons (Fsp3) is 0.500. The zero-order chi connectivity index (χ0) is 15.2. The molecule has 0 spiro atoms. The van der Waals surface area contributed by atoms with Gasteiger partial charge in [-0.15, -0.1) is 0 Å². The lowest BCUT2D eigenvalue weighted by atomic mass is 10.0. The Morgan fingerprint density at radius 2 is 1.95 bits per heavy atom. The van der Waals surface area contributed by atoms with Gasteiger partial charge in [0.05, 0.1) is 11.7 Å². The number of benzene rings is 1. The van der Waals surface area contributed by atoms with Crippen LogP contribution in [0.15, 0.2) is 24.3 Å². The molecule has 1 aromatic rings. The number of ether oxygens (including phenoxy) is 1. The van der Waals surface area contributed by atoms with E-state index in [1.807, 2.05) is 4.90 Å². The lowest BCUT2D eigenvalue weighted by molar-refractivity contribution is -0.133. The molecule has 1 saturated heterocycles. The molecular weight excluding hydrogens is 270 g/mol. The maximum Gasteiger partial charge on any atom is 0.335 e. The maximum absolute atomic E-state index is 12.2. The zero-order valence-corrected chi connectivity index (χ0v) is 12.2. The molecule has 0 aromatic heterocycles. The Bertz CT molecular complexity index is 507. The molecule has 1 aliphatic rings. The predicted octanol–water partition coefficient (Wildman–Crippen LogP) is 1.95. The lowest BCUT2D eigenvalue weighted by Gasteiger charge is -2.31. The van der Waals surface area contributed by atoms with Crippen LogP contribution < -0.4 is 0 Å². The number of hydrogen-bond acceptors (Lipinski definition) is 3. The number of rotatable bonds is 5. The van der Waals surface area contributed by atoms with E-state index in [1.165, 1.54) is 0 Å². The number of aromatic carboxylic acids is 1. The summed E-state index contributed by atoms with van der Waals surface area (Å²) in [4.78, 5) is 25.2. The molecule has 1 N–H and O–H groups in total. The highest BCUT2D eigenvalue weighted by Gasteiger charge is 2.22. The van der Waals surface area contributed by atoms with E-state index >= 15 is 0 Å². The summed E-state index contributed by atoms with van der Waals surface area (Å²) < 4.78 is 5.29. The van der Waals surface area contributed by atoms with Gasteiger partial charge in [0.25, 0.3) is 0 Å². The van der Waals surface area contributed by atoms with Crippen LogP contribution in [0, 0.1) is 0 Å². The normalized spacial score (nSPS) is 16.0. The molecule has 2 rings (SSSR count). The first-order valence-corrected chi connectivity index (χ1v) is 7.23. The number of amides is 1. The molecule has 1 heterocycles. The molecule has 5 nitrogen and oxygen atoms in total. The number of carboxylic acid groups (broad SMARTS) is 1. The van der Waals surface area contributed by atoms with Gasteiger partial charge in [0.2, 0.25) is 5.91 Å². The summed E-state index contributed by atoms with van der Waals surface area (Å²) in [5.74, 6) is -0.858. The van der Waals surface area contributed by atoms with Crippen LogP contribution >= 0.6 is 0 Å². The molecule has 1 fully saturated rings. The van der Waals surface area contributed by atoms with Gasteiger partial charge in [-0.05, 0) is 30.9 Å². The molecule has 0 atom stereocenters. The first-order chi connectivity index (χ1) is 10.1. The molecule has 0 aliphatic carbocycles. The Kier molecular flexibility index (Phi) is 5.33. The van der Waals surface area contributed by atoms with Gasteiger partial charge in [-0.25, -0.2) is 4.79 Å². The first kappa shape index (κ1) is 15.5. The molecule has 5 heteroatoms. The van der Waals surface area contributed by atoms with E-state index in [-0.39, 0.29) is 17.6 Å². The number of nitrogens with zero attached hydrogens (tertiary/aromatic N) is 1. The second-order valence-corrected chi connectivity index (χ2v) is 5.28. The molecule has 114 valence electrons. The molecule has 0 bridgehead atoms. The number of carbonyl (C=O) groups is 2. The topological polar surface area (TPSA) is 66.8 Å². The van der Waals surface area contributed by atoms with Crippen LogP contribution in [-0.2, 0) is 16.0 Å². The summed E-state index contributed by atoms with van der Waals surface area (Å²) in [5.41, 5.74) is 0.994. The molecular formula is C16H21NO4. The molecule has 0 saturated carbocycles. The quantitative estimate of drug-likeness (QED) is 0.900. The largest absolute Gasteiger partial charge is 0.478 e. The lowest BCUT2D eigenvalue weighted by Crippen LogP contribution is -2.40. The van der Waals surface area contributed by atoms with Gasteiger partial charge in [-0.3, -0.25) is 4.79 Å². The average Bonchev–Trinajstić information content (AvgIpc) is 2.52. The van der Waals surface area contributed by atoms with Crippen LogP contribution in [0.25, 0.3) is 0 Å². The number of hydrogen-bond donors (Lipinski definition) is 1. The predicted molar refractivity (Wildman–Crippen MR) is 78.3 cm³/mol. The van der Waals surface area contributed by atoms with Gasteiger partial charge in [0.15, 0.2) is 0 Å². The van der Waals surface area contributed by atoms with Crippen LogP contribution in [0.2, 0.25) is 0 Å². The number of likely N-dealkylation sites (tertiary alicyclic amines) is 1. The maximum atomic E-state index is 12.2. The first-order valence-electron chi connectivity index (χ1n) is 7.23. The third-order valence-corrected chi connectivity index (χ3v) is 3.98. The van der Waals surface area contributed by atoms with E-state index in [0.717, 1.165) is 25.9 Å². The zero-order valence-electron chi connectivity index (χ0n) is 12.2. The highest BCUT2D eigenvalue weighted by Crippen LogP contribution is 2.16. The minimum Gasteiger partial charge on any atom is -0.478 e. The van der Waals surface area contributed by atoms with Gasteiger partial charge in [-0.2, -0.15) is 0 Å². The molecule has 1 amide bonds. The van der Waals surface area contributed by atoms with E-state index in [2.05, 4.69) is 0 Å². The molecule has 21 heavy (non-hydrogen) atoms. The Morgan fingerprint density at radius 1 is 1.29 bits per heavy atom. The van der Waals surface area contributed by atoms with E-state index in [0.29, 0.717) is 18.4 Å². The summed E-state index contributed by atoms with van der Waals surface area (Å²) in [7, 11) is 1.70. The van der Waals surface area contributed by atoms with Gasteiger partial charge in [-0.1, -0.05) is 18.2 Å². The fourth-order valence-corrected chi connectivity index (χ4v) is 2.69. The summed E-state index contributed by atoms with van der Waals surface area (Å²) in [6, 6.07) is 6.85. The van der Waals surface area contributed by atoms with Gasteiger partial charge in [0.1, 0.15) is 0 Å². The van der Waals surface area contributed by atoms with Crippen molar-refractivity contribution < 1.29 is 19.4 Å². The van der Waals surface area contributed by atoms with E-state index < -0.39 is 5.97 Å². The van der Waals surface area contributed by atoms with Crippen molar-refractivity contribution in [3.05, 3.63) is 35.4 Å². The Hall–Kier alpha value is -1.88. The van der Waals surface area contributed by atoms with Crippen molar-refractivity contribution in [2.45, 2.75) is 31.8 Å². The van der Waals surface area contributed by atoms with Gasteiger partial charge >= 0.3 is 5.97 Å². The Labute approximate surface area is 124 Å². The minimum atomic E-state index is -0.945. The third-order valence-electron chi connectivity index (χ3n) is 3.98. The molecule has 1 aromatic carbocycles. The summed E-state index contributed by atoms with van der Waals surface area (Å²) >= 11 is 0.